The van der Waals surface area contributed by atoms with Crippen LogP contribution in [0.25, 0.3) is 0 Å². The van der Waals surface area contributed by atoms with Gasteiger partial charge in [-0.15, -0.1) is 0 Å². The summed E-state index contributed by atoms with van der Waals surface area (Å²) in [5.41, 5.74) is 0.293. The van der Waals surface area contributed by atoms with Gasteiger partial charge in [-0.2, -0.15) is 0 Å². The molecule has 0 aromatic heterocycles. The number of ether oxygens (including phenoxy) is 1. The molecular formula is C17H34O3. The highest BCUT2D eigenvalue weighted by molar-refractivity contribution is 4.86. The monoisotopic (exact) mass is 286 g/mol. The van der Waals surface area contributed by atoms with Crippen molar-refractivity contribution < 1.29 is 14.9 Å². The average molecular weight is 286 g/mol. The summed E-state index contributed by atoms with van der Waals surface area (Å²) in [6, 6.07) is 0. The zero-order valence-electron chi connectivity index (χ0n) is 13.8. The van der Waals surface area contributed by atoms with E-state index in [4.69, 9.17) is 4.74 Å². The van der Waals surface area contributed by atoms with Crippen molar-refractivity contribution in [1.29, 1.82) is 0 Å². The predicted octanol–water partition coefficient (Wildman–Crippen LogP) is 3.38. The van der Waals surface area contributed by atoms with Crippen molar-refractivity contribution in [3.63, 3.8) is 0 Å². The minimum absolute atomic E-state index is 0.220. The lowest BCUT2D eigenvalue weighted by Crippen LogP contribution is -2.37. The zero-order chi connectivity index (χ0) is 15.2. The number of unbranched alkanes of at least 4 members (excludes halogenated alkanes) is 1. The first-order valence-electron chi connectivity index (χ1n) is 8.28. The predicted molar refractivity (Wildman–Crippen MR) is 82.6 cm³/mol. The van der Waals surface area contributed by atoms with Crippen LogP contribution in [0.2, 0.25) is 0 Å². The van der Waals surface area contributed by atoms with Crippen LogP contribution in [0, 0.1) is 17.3 Å². The van der Waals surface area contributed by atoms with E-state index in [9.17, 15) is 10.2 Å². The number of hydrogen-bond acceptors (Lipinski definition) is 3. The second-order valence-electron chi connectivity index (χ2n) is 7.52. The zero-order valence-corrected chi connectivity index (χ0v) is 13.8. The average Bonchev–Trinajstić information content (AvgIpc) is 2.36. The molecule has 0 radical (unpaired) electrons. The van der Waals surface area contributed by atoms with Gasteiger partial charge in [-0.3, -0.25) is 0 Å². The van der Waals surface area contributed by atoms with E-state index in [2.05, 4.69) is 27.7 Å². The van der Waals surface area contributed by atoms with Gasteiger partial charge in [0.2, 0.25) is 0 Å². The van der Waals surface area contributed by atoms with E-state index < -0.39 is 6.10 Å². The van der Waals surface area contributed by atoms with Crippen molar-refractivity contribution in [2.24, 2.45) is 17.3 Å². The molecule has 1 aliphatic carbocycles. The third-order valence-electron chi connectivity index (χ3n) is 4.69. The fraction of sp³-hybridized carbons (Fsp3) is 1.00. The normalized spacial score (nSPS) is 29.4. The Balaban J connectivity index is 2.36. The van der Waals surface area contributed by atoms with Crippen LogP contribution < -0.4 is 0 Å². The topological polar surface area (TPSA) is 49.7 Å². The standard InChI is InChI=1S/C17H34O3/c1-5-6-9-20-12-15(18)11-13-10-14(17(2,3)4)7-8-16(13)19/h13-16,18-19H,5-12H2,1-4H3. The van der Waals surface area contributed by atoms with E-state index in [1.54, 1.807) is 0 Å². The molecular weight excluding hydrogens is 252 g/mol. The molecule has 0 spiro atoms. The molecule has 4 atom stereocenters. The lowest BCUT2D eigenvalue weighted by Gasteiger charge is -2.40. The fourth-order valence-corrected chi connectivity index (χ4v) is 3.17. The molecule has 1 fully saturated rings. The van der Waals surface area contributed by atoms with Crippen molar-refractivity contribution in [2.75, 3.05) is 13.2 Å². The Bertz CT molecular complexity index is 259. The van der Waals surface area contributed by atoms with Gasteiger partial charge in [0.1, 0.15) is 0 Å². The quantitative estimate of drug-likeness (QED) is 0.705. The maximum absolute atomic E-state index is 10.2. The van der Waals surface area contributed by atoms with Crippen molar-refractivity contribution in [1.82, 2.24) is 0 Å². The highest BCUT2D eigenvalue weighted by Gasteiger charge is 2.35. The van der Waals surface area contributed by atoms with Gasteiger partial charge < -0.3 is 14.9 Å². The smallest absolute Gasteiger partial charge is 0.0777 e. The first-order valence-corrected chi connectivity index (χ1v) is 8.28. The second kappa shape index (κ2) is 8.35. The SMILES string of the molecule is CCCCOCC(O)CC1CC(C(C)(C)C)CCC1O. The molecule has 1 saturated carbocycles. The summed E-state index contributed by atoms with van der Waals surface area (Å²) in [6.07, 6.45) is 5.14. The highest BCUT2D eigenvalue weighted by Crippen LogP contribution is 2.41. The minimum Gasteiger partial charge on any atom is -0.393 e. The molecule has 1 rings (SSSR count). The molecule has 1 aliphatic rings. The third kappa shape index (κ3) is 6.11. The second-order valence-corrected chi connectivity index (χ2v) is 7.52. The maximum atomic E-state index is 10.2. The Labute approximate surface area is 124 Å². The van der Waals surface area contributed by atoms with Crippen LogP contribution in [-0.2, 0) is 4.74 Å². The molecule has 2 N–H and O–H groups in total. The van der Waals surface area contributed by atoms with Crippen LogP contribution in [0.1, 0.15) is 66.2 Å². The Morgan fingerprint density at radius 1 is 1.25 bits per heavy atom. The maximum Gasteiger partial charge on any atom is 0.0777 e. The number of hydrogen-bond donors (Lipinski definition) is 2. The van der Waals surface area contributed by atoms with Crippen molar-refractivity contribution in [3.8, 4) is 0 Å². The van der Waals surface area contributed by atoms with Gasteiger partial charge in [0.25, 0.3) is 0 Å². The van der Waals surface area contributed by atoms with Crippen LogP contribution in [0.5, 0.6) is 0 Å². The van der Waals surface area contributed by atoms with Crippen LogP contribution in [0.15, 0.2) is 0 Å². The Morgan fingerprint density at radius 3 is 2.55 bits per heavy atom. The van der Waals surface area contributed by atoms with E-state index in [1.807, 2.05) is 0 Å². The van der Waals surface area contributed by atoms with Gasteiger partial charge in [0.05, 0.1) is 18.8 Å². The lowest BCUT2D eigenvalue weighted by molar-refractivity contribution is -0.0265. The van der Waals surface area contributed by atoms with Crippen LogP contribution in [0.4, 0.5) is 0 Å². The van der Waals surface area contributed by atoms with Gasteiger partial charge in [-0.1, -0.05) is 34.1 Å². The minimum atomic E-state index is -0.440. The molecule has 0 aromatic carbocycles. The summed E-state index contributed by atoms with van der Waals surface area (Å²) in [4.78, 5) is 0. The van der Waals surface area contributed by atoms with Crippen molar-refractivity contribution in [3.05, 3.63) is 0 Å². The van der Waals surface area contributed by atoms with Crippen LogP contribution >= 0.6 is 0 Å². The molecule has 20 heavy (non-hydrogen) atoms. The molecule has 3 nitrogen and oxygen atoms in total. The molecule has 0 bridgehead atoms. The third-order valence-corrected chi connectivity index (χ3v) is 4.69. The molecule has 120 valence electrons. The lowest BCUT2D eigenvalue weighted by atomic mass is 9.67. The Morgan fingerprint density at radius 2 is 1.95 bits per heavy atom. The summed E-state index contributed by atoms with van der Waals surface area (Å²) in [5, 5.41) is 20.2. The highest BCUT2D eigenvalue weighted by atomic mass is 16.5. The number of aliphatic hydroxyl groups excluding tert-OH is 2. The first-order chi connectivity index (χ1) is 9.34. The van der Waals surface area contributed by atoms with E-state index in [-0.39, 0.29) is 12.0 Å². The summed E-state index contributed by atoms with van der Waals surface area (Å²) < 4.78 is 5.48. The first kappa shape index (κ1) is 17.9. The fourth-order valence-electron chi connectivity index (χ4n) is 3.17. The Hall–Kier alpha value is -0.120. The van der Waals surface area contributed by atoms with Gasteiger partial charge in [0, 0.05) is 6.61 Å². The molecule has 0 saturated heterocycles. The number of aliphatic hydroxyl groups is 2. The largest absolute Gasteiger partial charge is 0.393 e. The van der Waals surface area contributed by atoms with Crippen LogP contribution in [-0.4, -0.2) is 35.6 Å². The summed E-state index contributed by atoms with van der Waals surface area (Å²) in [6.45, 7) is 10.1. The Kier molecular flexibility index (Phi) is 7.49. The molecule has 0 amide bonds. The van der Waals surface area contributed by atoms with Crippen LogP contribution in [0.3, 0.4) is 0 Å². The molecule has 3 heteroatoms. The van der Waals surface area contributed by atoms with E-state index >= 15 is 0 Å². The molecule has 4 unspecified atom stereocenters. The van der Waals surface area contributed by atoms with Gasteiger partial charge in [-0.05, 0) is 49.4 Å². The van der Waals surface area contributed by atoms with Crippen molar-refractivity contribution in [2.45, 2.75) is 78.4 Å². The molecule has 0 heterocycles. The van der Waals surface area contributed by atoms with E-state index in [0.717, 1.165) is 38.7 Å². The van der Waals surface area contributed by atoms with E-state index in [0.29, 0.717) is 24.4 Å². The van der Waals surface area contributed by atoms with Gasteiger partial charge in [-0.25, -0.2) is 0 Å². The molecule has 0 aromatic rings. The summed E-state index contributed by atoms with van der Waals surface area (Å²) in [7, 11) is 0. The molecule has 0 aliphatic heterocycles. The van der Waals surface area contributed by atoms with Crippen molar-refractivity contribution >= 4 is 0 Å². The van der Waals surface area contributed by atoms with E-state index in [1.165, 1.54) is 0 Å². The van der Waals surface area contributed by atoms with Gasteiger partial charge >= 0.3 is 0 Å². The number of rotatable bonds is 7. The summed E-state index contributed by atoms with van der Waals surface area (Å²) in [5.74, 6) is 0.863. The van der Waals surface area contributed by atoms with Gasteiger partial charge in [0.15, 0.2) is 0 Å². The summed E-state index contributed by atoms with van der Waals surface area (Å²) >= 11 is 0.